The number of benzene rings is 1. The molecule has 0 radical (unpaired) electrons. The Hall–Kier alpha value is 4.04. The summed E-state index contributed by atoms with van der Waals surface area (Å²) in [5.41, 5.74) is 2.86. The van der Waals surface area contributed by atoms with Crippen molar-refractivity contribution in [1.82, 2.24) is 0 Å². The van der Waals surface area contributed by atoms with Crippen LogP contribution in [0.5, 0.6) is 0 Å². The molecule has 0 aliphatic rings. The molecule has 0 spiro atoms. The molecule has 0 amide bonds. The molecule has 40 heavy (non-hydrogen) atoms. The van der Waals surface area contributed by atoms with Crippen LogP contribution in [-0.2, 0) is 59.6 Å². The van der Waals surface area contributed by atoms with E-state index in [-0.39, 0.29) is 189 Å². The smallest absolute Gasteiger partial charge is 0.739 e. The molecule has 0 saturated carbocycles. The van der Waals surface area contributed by atoms with Gasteiger partial charge in [-0.2, -0.15) is 0 Å². The Morgan fingerprint density at radius 1 is 0.600 bits per heavy atom. The van der Waals surface area contributed by atoms with Crippen LogP contribution in [0, 0.1) is 11.5 Å². The zero-order valence-electron chi connectivity index (χ0n) is 22.6. The van der Waals surface area contributed by atoms with Crippen molar-refractivity contribution in [3.8, 4) is 11.5 Å². The van der Waals surface area contributed by atoms with E-state index >= 15 is 0 Å². The second-order valence-electron chi connectivity index (χ2n) is 7.71. The van der Waals surface area contributed by atoms with E-state index in [4.69, 9.17) is 0 Å². The van der Waals surface area contributed by atoms with Crippen LogP contribution < -0.4 is 118 Å². The van der Waals surface area contributed by atoms with Crippen molar-refractivity contribution in [1.29, 1.82) is 0 Å². The van der Waals surface area contributed by atoms with E-state index in [0.717, 1.165) is 6.07 Å². The van der Waals surface area contributed by atoms with Crippen molar-refractivity contribution in [2.45, 2.75) is 42.7 Å². The second-order valence-corrected chi connectivity index (χ2v) is 25.5. The third kappa shape index (κ3) is 24.2. The van der Waals surface area contributed by atoms with Gasteiger partial charge >= 0.3 is 118 Å². The molecule has 0 aromatic heterocycles. The fourth-order valence-electron chi connectivity index (χ4n) is 2.41. The summed E-state index contributed by atoms with van der Waals surface area (Å²) in [7, 11) is -21.9. The van der Waals surface area contributed by atoms with Crippen LogP contribution in [-0.4, -0.2) is 60.0 Å². The molecule has 0 aliphatic heterocycles. The molecule has 0 heterocycles. The normalized spacial score (nSPS) is 12.0. The van der Waals surface area contributed by atoms with Gasteiger partial charge in [-0.1, -0.05) is 31.6 Å². The Bertz CT molecular complexity index is 1390. The largest absolute Gasteiger partial charge is 1.00 e. The summed E-state index contributed by atoms with van der Waals surface area (Å²) < 4.78 is 135. The maximum absolute atomic E-state index is 11.3. The summed E-state index contributed by atoms with van der Waals surface area (Å²) in [6, 6.07) is 1.16. The van der Waals surface area contributed by atoms with Crippen molar-refractivity contribution < 1.29 is 170 Å². The quantitative estimate of drug-likeness (QED) is 0.0833. The van der Waals surface area contributed by atoms with Crippen molar-refractivity contribution >= 4 is 87.9 Å². The molecule has 1 aromatic rings. The maximum atomic E-state index is 11.3. The van der Waals surface area contributed by atoms with Gasteiger partial charge in [-0.25, -0.2) is 33.7 Å². The average Bonchev–Trinajstić information content (AvgIpc) is 2.63. The predicted octanol–water partition coefficient (Wildman–Crippen LogP) is -10.3. The molecule has 25 heteroatoms. The van der Waals surface area contributed by atoms with Crippen LogP contribution in [0.4, 0.5) is 0 Å². The minimum atomic E-state index is -4.87. The molecule has 206 valence electrons. The van der Waals surface area contributed by atoms with E-state index < -0.39 is 67.7 Å². The van der Waals surface area contributed by atoms with Crippen LogP contribution in [0.3, 0.4) is 0 Å². The Kier molecular flexibility index (Phi) is 26.8. The fourth-order valence-corrected chi connectivity index (χ4v) is 8.35. The first-order valence-electron chi connectivity index (χ1n) is 9.06. The molecule has 0 N–H and O–H groups in total. The number of rotatable bonds is 12. The SMILES string of the molecule is C[Si](C)(C)C#Cc1c(CSS(=O)(=O)[O-])c(CSS(=O)(=O)[O-])cc(CSS(=O)(=O)[O-])c1CSS(=O)(=O)[O-].[Na+].[Na+].[Na+].[Na+]. The van der Waals surface area contributed by atoms with Gasteiger partial charge in [0.1, 0.15) is 44.7 Å². The first kappa shape index (κ1) is 50.9. The number of hydrogen-bond donors (Lipinski definition) is 0. The molecule has 0 saturated heterocycles. The van der Waals surface area contributed by atoms with E-state index in [9.17, 15) is 51.9 Å². The molecule has 0 bridgehead atoms. The molecule has 0 aliphatic carbocycles. The van der Waals surface area contributed by atoms with Crippen LogP contribution in [0.25, 0.3) is 0 Å². The molecule has 0 unspecified atom stereocenters. The standard InChI is InChI=1S/C15H22O12S8Si.4Na/c1-36(2,3)5-4-13-14(9-30-34(22,23)24)11(7-28-32(16,17)18)6-12(8-29-33(19,20)21)15(13)10-31-35(25,26)27;;;;/h6H,7-10H2,1-3H3,(H,16,17,18)(H,19,20,21)(H,22,23,24)(H,25,26,27);;;;/q;4*+1/p-4. The van der Waals surface area contributed by atoms with Crippen molar-refractivity contribution in [2.75, 3.05) is 0 Å². The van der Waals surface area contributed by atoms with E-state index in [1.54, 1.807) is 0 Å². The van der Waals surface area contributed by atoms with Crippen LogP contribution in [0.1, 0.15) is 27.8 Å². The zero-order valence-corrected chi connectivity index (χ0v) is 38.1. The van der Waals surface area contributed by atoms with E-state index in [1.807, 2.05) is 19.6 Å². The van der Waals surface area contributed by atoms with Crippen LogP contribution in [0.2, 0.25) is 19.6 Å². The predicted molar refractivity (Wildman–Crippen MR) is 141 cm³/mol. The fraction of sp³-hybridized carbons (Fsp3) is 0.467. The third-order valence-electron chi connectivity index (χ3n) is 3.70. The van der Waals surface area contributed by atoms with Crippen LogP contribution >= 0.6 is 43.2 Å². The maximum Gasteiger partial charge on any atom is 1.00 e. The average molecular weight is 767 g/mol. The van der Waals surface area contributed by atoms with Crippen LogP contribution in [0.15, 0.2) is 6.07 Å². The van der Waals surface area contributed by atoms with Gasteiger partial charge in [-0.3, -0.25) is 0 Å². The molecular formula is C15H18Na4O12S8Si. The van der Waals surface area contributed by atoms with Crippen molar-refractivity contribution in [3.63, 3.8) is 0 Å². The number of hydrogen-bond acceptors (Lipinski definition) is 16. The minimum Gasteiger partial charge on any atom is -0.739 e. The van der Waals surface area contributed by atoms with Gasteiger partial charge in [0.2, 0.25) is 0 Å². The summed E-state index contributed by atoms with van der Waals surface area (Å²) >= 11 is 0. The monoisotopic (exact) mass is 766 g/mol. The molecule has 1 rings (SSSR count). The summed E-state index contributed by atoms with van der Waals surface area (Å²) in [4.78, 5) is 0. The Morgan fingerprint density at radius 3 is 1.12 bits per heavy atom. The summed E-state index contributed by atoms with van der Waals surface area (Å²) in [6.07, 6.45) is 0. The summed E-state index contributed by atoms with van der Waals surface area (Å²) in [6.45, 7) is 5.49. The molecule has 1 aromatic carbocycles. The van der Waals surface area contributed by atoms with Gasteiger partial charge in [0.15, 0.2) is 0 Å². The van der Waals surface area contributed by atoms with E-state index in [0.29, 0.717) is 0 Å². The van der Waals surface area contributed by atoms with Crippen molar-refractivity contribution in [2.24, 2.45) is 0 Å². The zero-order chi connectivity index (χ0) is 28.2. The van der Waals surface area contributed by atoms with Gasteiger partial charge in [0, 0.05) is 28.6 Å². The third-order valence-corrected chi connectivity index (χ3v) is 12.3. The van der Waals surface area contributed by atoms with Gasteiger partial charge < -0.3 is 18.2 Å². The Balaban J connectivity index is -0.00000162. The minimum absolute atomic E-state index is 0. The van der Waals surface area contributed by atoms with Gasteiger partial charge in [0.25, 0.3) is 0 Å². The first-order valence-corrected chi connectivity index (χ1v) is 24.2. The summed E-state index contributed by atoms with van der Waals surface area (Å²) in [5.74, 6) is 0.515. The van der Waals surface area contributed by atoms with E-state index in [2.05, 4.69) is 11.5 Å². The van der Waals surface area contributed by atoms with E-state index in [1.165, 1.54) is 0 Å². The summed E-state index contributed by atoms with van der Waals surface area (Å²) in [5, 5.41) is 0. The molecule has 0 fully saturated rings. The molecule has 0 atom stereocenters. The van der Waals surface area contributed by atoms with Gasteiger partial charge in [-0.05, 0) is 65.4 Å². The first-order chi connectivity index (χ1) is 16.0. The Morgan fingerprint density at radius 2 is 0.875 bits per heavy atom. The molecule has 12 nitrogen and oxygen atoms in total. The van der Waals surface area contributed by atoms with Gasteiger partial charge in [-0.15, -0.1) is 5.54 Å². The Labute approximate surface area is 339 Å². The van der Waals surface area contributed by atoms with Crippen molar-refractivity contribution in [3.05, 3.63) is 33.9 Å². The topological polar surface area (TPSA) is 229 Å². The molecular weight excluding hydrogens is 749 g/mol. The van der Waals surface area contributed by atoms with Gasteiger partial charge in [0.05, 0.1) is 0 Å². The second kappa shape index (κ2) is 21.1.